The van der Waals surface area contributed by atoms with Crippen molar-refractivity contribution in [2.45, 2.75) is 18.9 Å². The SMILES string of the molecule is O=c1[nH]c2cc(O)ccc2n1C1CCSCC1. The standard InChI is InChI=1S/C12H14N2O2S/c15-9-1-2-11-10(7-9)13-12(16)14(11)8-3-5-17-6-4-8/h1-2,7-8,15H,3-6H2,(H,13,16). The average molecular weight is 250 g/mol. The number of phenolic OH excluding ortho intramolecular Hbond substituents is 1. The first-order chi connectivity index (χ1) is 8.25. The fourth-order valence-electron chi connectivity index (χ4n) is 2.42. The van der Waals surface area contributed by atoms with Crippen LogP contribution in [0.3, 0.4) is 0 Å². The molecule has 1 aromatic heterocycles. The Balaban J connectivity index is 2.14. The van der Waals surface area contributed by atoms with Crippen LogP contribution in [0, 0.1) is 0 Å². The first-order valence-corrected chi connectivity index (χ1v) is 6.92. The molecule has 4 nitrogen and oxygen atoms in total. The second-order valence-electron chi connectivity index (χ2n) is 4.35. The van der Waals surface area contributed by atoms with Crippen LogP contribution in [0.25, 0.3) is 11.0 Å². The number of aromatic amines is 1. The molecule has 0 aliphatic carbocycles. The summed E-state index contributed by atoms with van der Waals surface area (Å²) in [5.41, 5.74) is 1.54. The van der Waals surface area contributed by atoms with Crippen LogP contribution >= 0.6 is 11.8 Å². The van der Waals surface area contributed by atoms with Crippen molar-refractivity contribution < 1.29 is 5.11 Å². The fraction of sp³-hybridized carbons (Fsp3) is 0.417. The van der Waals surface area contributed by atoms with Gasteiger partial charge >= 0.3 is 5.69 Å². The summed E-state index contributed by atoms with van der Waals surface area (Å²) in [6.07, 6.45) is 2.08. The Kier molecular flexibility index (Phi) is 2.63. The van der Waals surface area contributed by atoms with Gasteiger partial charge < -0.3 is 10.1 Å². The minimum Gasteiger partial charge on any atom is -0.508 e. The summed E-state index contributed by atoms with van der Waals surface area (Å²) in [6, 6.07) is 5.33. The lowest BCUT2D eigenvalue weighted by molar-refractivity contribution is 0.468. The normalized spacial score (nSPS) is 17.6. The largest absolute Gasteiger partial charge is 0.508 e. The van der Waals surface area contributed by atoms with Crippen LogP contribution in [0.1, 0.15) is 18.9 Å². The summed E-state index contributed by atoms with van der Waals surface area (Å²) >= 11 is 1.94. The van der Waals surface area contributed by atoms with Gasteiger partial charge in [-0.1, -0.05) is 0 Å². The quantitative estimate of drug-likeness (QED) is 0.815. The second-order valence-corrected chi connectivity index (χ2v) is 5.57. The second kappa shape index (κ2) is 4.14. The highest BCUT2D eigenvalue weighted by Gasteiger charge is 2.19. The van der Waals surface area contributed by atoms with E-state index in [9.17, 15) is 9.90 Å². The van der Waals surface area contributed by atoms with E-state index in [1.807, 2.05) is 22.4 Å². The Labute approximate surface area is 103 Å². The third kappa shape index (κ3) is 1.84. The van der Waals surface area contributed by atoms with Gasteiger partial charge in [0.05, 0.1) is 11.0 Å². The predicted octanol–water partition coefficient (Wildman–Crippen LogP) is 2.10. The number of rotatable bonds is 1. The molecule has 0 bridgehead atoms. The molecule has 0 saturated carbocycles. The van der Waals surface area contributed by atoms with E-state index in [-0.39, 0.29) is 11.4 Å². The molecule has 2 heterocycles. The van der Waals surface area contributed by atoms with E-state index < -0.39 is 0 Å². The molecule has 0 radical (unpaired) electrons. The number of H-pyrrole nitrogens is 1. The highest BCUT2D eigenvalue weighted by atomic mass is 32.2. The van der Waals surface area contributed by atoms with Gasteiger partial charge in [-0.3, -0.25) is 4.57 Å². The third-order valence-electron chi connectivity index (χ3n) is 3.26. The maximum absolute atomic E-state index is 12.0. The number of hydrogen-bond donors (Lipinski definition) is 2. The highest BCUT2D eigenvalue weighted by molar-refractivity contribution is 7.99. The van der Waals surface area contributed by atoms with Crippen molar-refractivity contribution in [3.8, 4) is 5.75 Å². The molecule has 5 heteroatoms. The summed E-state index contributed by atoms with van der Waals surface area (Å²) in [5, 5.41) is 9.41. The number of aromatic nitrogens is 2. The number of aromatic hydroxyl groups is 1. The number of nitrogens with zero attached hydrogens (tertiary/aromatic N) is 1. The van der Waals surface area contributed by atoms with E-state index in [0.29, 0.717) is 11.6 Å². The molecule has 17 heavy (non-hydrogen) atoms. The minimum absolute atomic E-state index is 0.0671. The summed E-state index contributed by atoms with van der Waals surface area (Å²) < 4.78 is 1.84. The lowest BCUT2D eigenvalue weighted by Gasteiger charge is -2.22. The number of nitrogens with one attached hydrogen (secondary N) is 1. The van der Waals surface area contributed by atoms with E-state index >= 15 is 0 Å². The van der Waals surface area contributed by atoms with Crippen LogP contribution in [-0.2, 0) is 0 Å². The molecule has 1 fully saturated rings. The molecule has 0 atom stereocenters. The Morgan fingerprint density at radius 1 is 1.35 bits per heavy atom. The van der Waals surface area contributed by atoms with E-state index in [4.69, 9.17) is 0 Å². The zero-order chi connectivity index (χ0) is 11.8. The van der Waals surface area contributed by atoms with Crippen molar-refractivity contribution in [3.05, 3.63) is 28.7 Å². The van der Waals surface area contributed by atoms with E-state index in [1.165, 1.54) is 0 Å². The molecular weight excluding hydrogens is 236 g/mol. The van der Waals surface area contributed by atoms with Crippen LogP contribution in [0.2, 0.25) is 0 Å². The fourth-order valence-corrected chi connectivity index (χ4v) is 3.51. The lowest BCUT2D eigenvalue weighted by Crippen LogP contribution is -2.25. The molecule has 0 amide bonds. The molecule has 1 aromatic carbocycles. The monoisotopic (exact) mass is 250 g/mol. The molecular formula is C12H14N2O2S. The van der Waals surface area contributed by atoms with E-state index in [1.54, 1.807) is 12.1 Å². The number of benzene rings is 1. The van der Waals surface area contributed by atoms with Gasteiger partial charge in [-0.25, -0.2) is 4.79 Å². The molecule has 2 N–H and O–H groups in total. The molecule has 2 aromatic rings. The molecule has 1 aliphatic heterocycles. The number of hydrogen-bond acceptors (Lipinski definition) is 3. The molecule has 90 valence electrons. The Hall–Kier alpha value is -1.36. The van der Waals surface area contributed by atoms with Crippen molar-refractivity contribution in [2.24, 2.45) is 0 Å². The van der Waals surface area contributed by atoms with Crippen LogP contribution in [-0.4, -0.2) is 26.2 Å². The van der Waals surface area contributed by atoms with Crippen LogP contribution in [0.15, 0.2) is 23.0 Å². The van der Waals surface area contributed by atoms with E-state index in [0.717, 1.165) is 29.9 Å². The molecule has 1 aliphatic rings. The first kappa shape index (κ1) is 10.8. The van der Waals surface area contributed by atoms with Crippen LogP contribution in [0.4, 0.5) is 0 Å². The van der Waals surface area contributed by atoms with Crippen molar-refractivity contribution in [3.63, 3.8) is 0 Å². The van der Waals surface area contributed by atoms with Gasteiger partial charge in [-0.05, 0) is 36.5 Å². The van der Waals surface area contributed by atoms with Crippen LogP contribution < -0.4 is 5.69 Å². The zero-order valence-electron chi connectivity index (χ0n) is 9.35. The zero-order valence-corrected chi connectivity index (χ0v) is 10.2. The predicted molar refractivity (Wildman–Crippen MR) is 69.8 cm³/mol. The van der Waals surface area contributed by atoms with Gasteiger partial charge in [0.15, 0.2) is 0 Å². The molecule has 1 saturated heterocycles. The highest BCUT2D eigenvalue weighted by Crippen LogP contribution is 2.29. The maximum atomic E-state index is 12.0. The summed E-state index contributed by atoms with van der Waals surface area (Å²) in [5.74, 6) is 2.41. The van der Waals surface area contributed by atoms with Crippen molar-refractivity contribution in [1.82, 2.24) is 9.55 Å². The molecule has 3 rings (SSSR count). The van der Waals surface area contributed by atoms with Gasteiger partial charge in [0, 0.05) is 12.1 Å². The van der Waals surface area contributed by atoms with Gasteiger partial charge in [0.1, 0.15) is 5.75 Å². The Bertz CT molecular complexity index is 596. The van der Waals surface area contributed by atoms with Gasteiger partial charge in [-0.2, -0.15) is 11.8 Å². The van der Waals surface area contributed by atoms with E-state index in [2.05, 4.69) is 4.98 Å². The van der Waals surface area contributed by atoms with Gasteiger partial charge in [0.25, 0.3) is 0 Å². The topological polar surface area (TPSA) is 58.0 Å². The van der Waals surface area contributed by atoms with Crippen molar-refractivity contribution in [1.29, 1.82) is 0 Å². The van der Waals surface area contributed by atoms with Crippen LogP contribution in [0.5, 0.6) is 5.75 Å². The maximum Gasteiger partial charge on any atom is 0.326 e. The summed E-state index contributed by atoms with van der Waals surface area (Å²) in [7, 11) is 0. The minimum atomic E-state index is -0.0671. The Morgan fingerprint density at radius 3 is 2.88 bits per heavy atom. The Morgan fingerprint density at radius 2 is 2.12 bits per heavy atom. The molecule has 0 unspecified atom stereocenters. The number of imidazole rings is 1. The van der Waals surface area contributed by atoms with Crippen molar-refractivity contribution >= 4 is 22.8 Å². The number of phenols is 1. The van der Waals surface area contributed by atoms with Gasteiger partial charge in [-0.15, -0.1) is 0 Å². The number of fused-ring (bicyclic) bond motifs is 1. The molecule has 0 spiro atoms. The smallest absolute Gasteiger partial charge is 0.326 e. The van der Waals surface area contributed by atoms with Crippen molar-refractivity contribution in [2.75, 3.05) is 11.5 Å². The summed E-state index contributed by atoms with van der Waals surface area (Å²) in [4.78, 5) is 14.8. The van der Waals surface area contributed by atoms with Gasteiger partial charge in [0.2, 0.25) is 0 Å². The third-order valence-corrected chi connectivity index (χ3v) is 4.30. The summed E-state index contributed by atoms with van der Waals surface area (Å²) in [6.45, 7) is 0. The lowest BCUT2D eigenvalue weighted by atomic mass is 10.1. The number of thioether (sulfide) groups is 1. The first-order valence-electron chi connectivity index (χ1n) is 5.77. The average Bonchev–Trinajstić information content (AvgIpc) is 2.65.